The summed E-state index contributed by atoms with van der Waals surface area (Å²) in [5.74, 6) is -0.877. The van der Waals surface area contributed by atoms with Crippen LogP contribution in [0.1, 0.15) is 33.8 Å². The Balaban J connectivity index is 1.37. The minimum absolute atomic E-state index is 0.0743. The fraction of sp³-hybridized carbons (Fsp3) is 0.261. The number of rotatable bonds is 6. The number of phenolic OH excluding ortho intramolecular Hbond substituents is 1. The highest BCUT2D eigenvalue weighted by atomic mass is 16.3. The van der Waals surface area contributed by atoms with E-state index in [9.17, 15) is 19.5 Å². The zero-order valence-corrected chi connectivity index (χ0v) is 16.8. The van der Waals surface area contributed by atoms with Gasteiger partial charge in [0.05, 0.1) is 11.8 Å². The zero-order chi connectivity index (χ0) is 21.8. The van der Waals surface area contributed by atoms with Crippen molar-refractivity contribution in [3.05, 3.63) is 66.1 Å². The fourth-order valence-electron chi connectivity index (χ4n) is 3.84. The monoisotopic (exact) mass is 421 g/mol. The summed E-state index contributed by atoms with van der Waals surface area (Å²) >= 11 is 0. The molecule has 2 aromatic carbocycles. The molecular weight excluding hydrogens is 398 g/mol. The van der Waals surface area contributed by atoms with Crippen molar-refractivity contribution < 1.29 is 23.9 Å². The Labute approximate surface area is 178 Å². The number of furan rings is 1. The second-order valence-electron chi connectivity index (χ2n) is 7.36. The molecule has 1 saturated heterocycles. The molecule has 1 fully saturated rings. The number of aromatic hydroxyl groups is 1. The number of phenols is 1. The van der Waals surface area contributed by atoms with E-state index >= 15 is 0 Å². The third-order valence-corrected chi connectivity index (χ3v) is 5.40. The van der Waals surface area contributed by atoms with Gasteiger partial charge in [0.15, 0.2) is 5.76 Å². The van der Waals surface area contributed by atoms with E-state index in [2.05, 4.69) is 10.6 Å². The van der Waals surface area contributed by atoms with Crippen LogP contribution in [0, 0.1) is 0 Å². The van der Waals surface area contributed by atoms with Crippen LogP contribution in [0.25, 0.3) is 10.8 Å². The Kier molecular flexibility index (Phi) is 5.88. The number of likely N-dealkylation sites (tertiary alicyclic amines) is 1. The van der Waals surface area contributed by atoms with E-state index in [0.29, 0.717) is 24.8 Å². The van der Waals surface area contributed by atoms with E-state index < -0.39 is 6.04 Å². The standard InChI is InChI=1S/C23H23N3O5/c27-20-16-6-2-1-5-15(16)9-10-17(20)23(30)26-13-3-7-18(26)21(28)24-11-12-25-22(29)19-8-4-14-31-19/h1-2,4-6,8-10,14,18,27H,3,7,11-13H2,(H,24,28)(H,25,29). The zero-order valence-electron chi connectivity index (χ0n) is 16.8. The van der Waals surface area contributed by atoms with Gasteiger partial charge in [0.2, 0.25) is 5.91 Å². The minimum Gasteiger partial charge on any atom is -0.506 e. The second-order valence-corrected chi connectivity index (χ2v) is 7.36. The summed E-state index contributed by atoms with van der Waals surface area (Å²) < 4.78 is 5.01. The molecule has 2 heterocycles. The van der Waals surface area contributed by atoms with Crippen LogP contribution in [-0.2, 0) is 4.79 Å². The second kappa shape index (κ2) is 8.91. The SMILES string of the molecule is O=C(NCCNC(=O)C1CCCN1C(=O)c1ccc2ccccc2c1O)c1ccco1. The molecule has 0 spiro atoms. The van der Waals surface area contributed by atoms with Gasteiger partial charge in [0.25, 0.3) is 11.8 Å². The molecule has 160 valence electrons. The Hall–Kier alpha value is -3.81. The van der Waals surface area contributed by atoms with Crippen molar-refractivity contribution in [2.24, 2.45) is 0 Å². The smallest absolute Gasteiger partial charge is 0.287 e. The van der Waals surface area contributed by atoms with Gasteiger partial charge in [0.1, 0.15) is 11.8 Å². The van der Waals surface area contributed by atoms with Gasteiger partial charge < -0.3 is 25.1 Å². The number of carbonyl (C=O) groups is 3. The first-order chi connectivity index (χ1) is 15.1. The molecule has 4 rings (SSSR count). The van der Waals surface area contributed by atoms with E-state index in [4.69, 9.17) is 4.42 Å². The molecule has 3 aromatic rings. The molecule has 0 bridgehead atoms. The molecule has 0 aliphatic carbocycles. The summed E-state index contributed by atoms with van der Waals surface area (Å²) in [4.78, 5) is 39.1. The molecule has 1 aliphatic rings. The van der Waals surface area contributed by atoms with E-state index in [1.165, 1.54) is 11.2 Å². The van der Waals surface area contributed by atoms with Crippen molar-refractivity contribution in [1.82, 2.24) is 15.5 Å². The Bertz CT molecular complexity index is 1110. The lowest BCUT2D eigenvalue weighted by Crippen LogP contribution is -2.47. The molecule has 8 heteroatoms. The lowest BCUT2D eigenvalue weighted by molar-refractivity contribution is -0.124. The first-order valence-corrected chi connectivity index (χ1v) is 10.2. The number of hydrogen-bond acceptors (Lipinski definition) is 5. The van der Waals surface area contributed by atoms with E-state index in [1.807, 2.05) is 12.1 Å². The fourth-order valence-corrected chi connectivity index (χ4v) is 3.84. The highest BCUT2D eigenvalue weighted by Crippen LogP contribution is 2.31. The predicted molar refractivity (Wildman–Crippen MR) is 114 cm³/mol. The number of fused-ring (bicyclic) bond motifs is 1. The van der Waals surface area contributed by atoms with Crippen LogP contribution in [-0.4, -0.2) is 53.4 Å². The first kappa shape index (κ1) is 20.5. The minimum atomic E-state index is -0.612. The number of benzene rings is 2. The van der Waals surface area contributed by atoms with Crippen LogP contribution in [0.5, 0.6) is 5.75 Å². The number of nitrogens with zero attached hydrogens (tertiary/aromatic N) is 1. The van der Waals surface area contributed by atoms with Crippen LogP contribution in [0.2, 0.25) is 0 Å². The molecule has 31 heavy (non-hydrogen) atoms. The number of hydrogen-bond donors (Lipinski definition) is 3. The largest absolute Gasteiger partial charge is 0.506 e. The van der Waals surface area contributed by atoms with Crippen molar-refractivity contribution in [2.45, 2.75) is 18.9 Å². The van der Waals surface area contributed by atoms with Crippen LogP contribution < -0.4 is 10.6 Å². The topological polar surface area (TPSA) is 112 Å². The summed E-state index contributed by atoms with van der Waals surface area (Å²) in [5, 5.41) is 17.5. The maximum absolute atomic E-state index is 13.1. The maximum Gasteiger partial charge on any atom is 0.287 e. The maximum atomic E-state index is 13.1. The summed E-state index contributed by atoms with van der Waals surface area (Å²) in [6.45, 7) is 0.904. The number of nitrogens with one attached hydrogen (secondary N) is 2. The van der Waals surface area contributed by atoms with Gasteiger partial charge in [-0.3, -0.25) is 14.4 Å². The average molecular weight is 421 g/mol. The average Bonchev–Trinajstić information content (AvgIpc) is 3.49. The summed E-state index contributed by atoms with van der Waals surface area (Å²) in [7, 11) is 0. The molecule has 1 unspecified atom stereocenters. The van der Waals surface area contributed by atoms with Crippen LogP contribution in [0.15, 0.2) is 59.2 Å². The van der Waals surface area contributed by atoms with E-state index in [0.717, 1.165) is 5.39 Å². The van der Waals surface area contributed by atoms with Crippen molar-refractivity contribution in [2.75, 3.05) is 19.6 Å². The van der Waals surface area contributed by atoms with Crippen LogP contribution >= 0.6 is 0 Å². The molecule has 1 aliphatic heterocycles. The third kappa shape index (κ3) is 4.23. The highest BCUT2D eigenvalue weighted by Gasteiger charge is 2.35. The summed E-state index contributed by atoms with van der Waals surface area (Å²) in [5.41, 5.74) is 0.184. The van der Waals surface area contributed by atoms with Crippen molar-refractivity contribution in [1.29, 1.82) is 0 Å². The van der Waals surface area contributed by atoms with Gasteiger partial charge in [0, 0.05) is 25.0 Å². The normalized spacial score (nSPS) is 15.7. The van der Waals surface area contributed by atoms with Gasteiger partial charge in [-0.15, -0.1) is 0 Å². The van der Waals surface area contributed by atoms with Gasteiger partial charge in [-0.25, -0.2) is 0 Å². The molecule has 1 atom stereocenters. The number of amides is 3. The van der Waals surface area contributed by atoms with Gasteiger partial charge in [-0.05, 0) is 36.4 Å². The Morgan fingerprint density at radius 2 is 1.84 bits per heavy atom. The van der Waals surface area contributed by atoms with Crippen LogP contribution in [0.4, 0.5) is 0 Å². The van der Waals surface area contributed by atoms with Crippen molar-refractivity contribution in [3.8, 4) is 5.75 Å². The Morgan fingerprint density at radius 3 is 2.65 bits per heavy atom. The molecule has 0 radical (unpaired) electrons. The predicted octanol–water partition coefficient (Wildman–Crippen LogP) is 2.29. The van der Waals surface area contributed by atoms with Gasteiger partial charge >= 0.3 is 0 Å². The van der Waals surface area contributed by atoms with Crippen molar-refractivity contribution >= 4 is 28.5 Å². The lowest BCUT2D eigenvalue weighted by Gasteiger charge is -2.24. The highest BCUT2D eigenvalue weighted by molar-refractivity contribution is 6.05. The first-order valence-electron chi connectivity index (χ1n) is 10.2. The molecular formula is C23H23N3O5. The molecule has 1 aromatic heterocycles. The molecule has 8 nitrogen and oxygen atoms in total. The third-order valence-electron chi connectivity index (χ3n) is 5.40. The van der Waals surface area contributed by atoms with Crippen molar-refractivity contribution in [3.63, 3.8) is 0 Å². The number of carbonyl (C=O) groups excluding carboxylic acids is 3. The van der Waals surface area contributed by atoms with Gasteiger partial charge in [-0.2, -0.15) is 0 Å². The lowest BCUT2D eigenvalue weighted by atomic mass is 10.0. The van der Waals surface area contributed by atoms with E-state index in [1.54, 1.807) is 36.4 Å². The summed E-state index contributed by atoms with van der Waals surface area (Å²) in [6.07, 6.45) is 2.66. The van der Waals surface area contributed by atoms with E-state index in [-0.39, 0.29) is 47.9 Å². The molecule has 3 N–H and O–H groups in total. The van der Waals surface area contributed by atoms with Crippen LogP contribution in [0.3, 0.4) is 0 Å². The molecule has 0 saturated carbocycles. The summed E-state index contributed by atoms with van der Waals surface area (Å²) in [6, 6.07) is 13.2. The Morgan fingerprint density at radius 1 is 1.03 bits per heavy atom. The quantitative estimate of drug-likeness (QED) is 0.529. The molecule has 3 amide bonds. The van der Waals surface area contributed by atoms with Gasteiger partial charge in [-0.1, -0.05) is 30.3 Å².